The van der Waals surface area contributed by atoms with E-state index in [1.54, 1.807) is 16.9 Å². The maximum absolute atomic E-state index is 14.9. The number of hydrogen-bond acceptors (Lipinski definition) is 8. The normalized spacial score (nSPS) is 16.7. The third-order valence-corrected chi connectivity index (χ3v) is 6.35. The number of aliphatic hydroxyl groups is 2. The number of nitrogens with one attached hydrogen (secondary N) is 3. The van der Waals surface area contributed by atoms with Crippen LogP contribution >= 0.6 is 0 Å². The van der Waals surface area contributed by atoms with E-state index in [4.69, 9.17) is 5.11 Å². The van der Waals surface area contributed by atoms with Crippen molar-refractivity contribution in [3.05, 3.63) is 71.3 Å². The molecule has 0 saturated heterocycles. The molecule has 0 aliphatic heterocycles. The van der Waals surface area contributed by atoms with Crippen LogP contribution in [-0.4, -0.2) is 55.1 Å². The minimum Gasteiger partial charge on any atom is -0.395 e. The fourth-order valence-corrected chi connectivity index (χ4v) is 4.57. The molecule has 4 aromatic rings. The number of fused-ring (bicyclic) bond motifs is 2. The summed E-state index contributed by atoms with van der Waals surface area (Å²) in [5.41, 5.74) is 2.95. The minimum absolute atomic E-state index is 0.0575. The molecule has 192 valence electrons. The number of aromatic nitrogens is 4. The summed E-state index contributed by atoms with van der Waals surface area (Å²) in [5.74, 6) is -0.755. The molecule has 2 atom stereocenters. The number of nitrogens with zero attached hydrogens (tertiary/aromatic N) is 4. The van der Waals surface area contributed by atoms with E-state index in [1.165, 1.54) is 12.3 Å². The summed E-state index contributed by atoms with van der Waals surface area (Å²) in [5, 5.41) is 33.5. The highest BCUT2D eigenvalue weighted by molar-refractivity contribution is 5.98. The van der Waals surface area contributed by atoms with E-state index in [-0.39, 0.29) is 42.2 Å². The Morgan fingerprint density at radius 3 is 2.84 bits per heavy atom. The van der Waals surface area contributed by atoms with Crippen molar-refractivity contribution in [2.45, 2.75) is 38.5 Å². The van der Waals surface area contributed by atoms with Gasteiger partial charge in [0.1, 0.15) is 17.2 Å². The van der Waals surface area contributed by atoms with E-state index in [9.17, 15) is 14.3 Å². The predicted octanol–water partition coefficient (Wildman–Crippen LogP) is 3.08. The van der Waals surface area contributed by atoms with Gasteiger partial charge in [0.05, 0.1) is 36.2 Å². The second-order valence-corrected chi connectivity index (χ2v) is 9.23. The molecule has 5 N–H and O–H groups in total. The van der Waals surface area contributed by atoms with Crippen LogP contribution in [0.4, 0.5) is 21.8 Å². The smallest absolute Gasteiger partial charge is 0.256 e. The van der Waals surface area contributed by atoms with Gasteiger partial charge in [0.2, 0.25) is 5.95 Å². The quantitative estimate of drug-likeness (QED) is 0.246. The van der Waals surface area contributed by atoms with Crippen LogP contribution in [0.25, 0.3) is 10.9 Å². The van der Waals surface area contributed by atoms with Crippen molar-refractivity contribution in [1.82, 2.24) is 25.1 Å². The van der Waals surface area contributed by atoms with E-state index < -0.39 is 23.9 Å². The summed E-state index contributed by atoms with van der Waals surface area (Å²) in [4.78, 5) is 21.5. The zero-order chi connectivity index (χ0) is 26.1. The monoisotopic (exact) mass is 505 g/mol. The maximum atomic E-state index is 14.9. The van der Waals surface area contributed by atoms with Crippen molar-refractivity contribution in [3.8, 4) is 0 Å². The van der Waals surface area contributed by atoms with Crippen LogP contribution in [0.15, 0.2) is 48.8 Å². The number of amides is 1. The second-order valence-electron chi connectivity index (χ2n) is 9.23. The van der Waals surface area contributed by atoms with Gasteiger partial charge >= 0.3 is 0 Å². The number of carbonyl (C=O) groups excluding carboxylic acids is 1. The van der Waals surface area contributed by atoms with E-state index in [1.807, 2.05) is 38.1 Å². The summed E-state index contributed by atoms with van der Waals surface area (Å²) in [6, 6.07) is 10.3. The maximum Gasteiger partial charge on any atom is 0.256 e. The molecule has 0 unspecified atom stereocenters. The largest absolute Gasteiger partial charge is 0.395 e. The van der Waals surface area contributed by atoms with Gasteiger partial charge in [0.15, 0.2) is 0 Å². The Morgan fingerprint density at radius 2 is 2.05 bits per heavy atom. The third kappa shape index (κ3) is 4.83. The van der Waals surface area contributed by atoms with E-state index in [0.717, 1.165) is 16.6 Å². The molecule has 0 fully saturated rings. The SMILES string of the molecule is CC(C)n1ncc2cc(F)c(Nc3ncc(C(=O)NCCO)c(N[C@H]4c5ccccc5C[C@H]4O)n3)cc21. The molecular weight excluding hydrogens is 477 g/mol. The number of carbonyl (C=O) groups is 1. The van der Waals surface area contributed by atoms with Gasteiger partial charge in [-0.15, -0.1) is 0 Å². The van der Waals surface area contributed by atoms with Crippen LogP contribution in [0, 0.1) is 5.82 Å². The molecule has 0 bridgehead atoms. The summed E-state index contributed by atoms with van der Waals surface area (Å²) >= 11 is 0. The highest BCUT2D eigenvalue weighted by atomic mass is 19.1. The predicted molar refractivity (Wildman–Crippen MR) is 137 cm³/mol. The Labute approximate surface area is 212 Å². The number of halogens is 1. The molecular formula is C26H28FN7O3. The van der Waals surface area contributed by atoms with Crippen molar-refractivity contribution in [1.29, 1.82) is 0 Å². The first-order valence-corrected chi connectivity index (χ1v) is 12.1. The Morgan fingerprint density at radius 1 is 1.24 bits per heavy atom. The standard InChI is InChI=1S/C26H28FN7O3/c1-14(2)34-21-11-20(19(27)9-16(21)12-30-34)31-26-29-13-18(25(37)28-7-8-35)24(33-26)32-23-17-6-4-3-5-15(17)10-22(23)36/h3-6,9,11-14,22-23,35-36H,7-8,10H2,1-2H3,(H,28,37)(H2,29,31,32,33)/t22-,23+/m1/s1. The number of benzene rings is 2. The summed E-state index contributed by atoms with van der Waals surface area (Å²) in [6.07, 6.45) is 2.68. The molecule has 1 amide bonds. The van der Waals surface area contributed by atoms with Gasteiger partial charge in [-0.3, -0.25) is 9.48 Å². The van der Waals surface area contributed by atoms with Crippen LogP contribution in [0.2, 0.25) is 0 Å². The van der Waals surface area contributed by atoms with Crippen molar-refractivity contribution in [3.63, 3.8) is 0 Å². The van der Waals surface area contributed by atoms with Crippen molar-refractivity contribution in [2.24, 2.45) is 0 Å². The lowest BCUT2D eigenvalue weighted by molar-refractivity contribution is 0.0944. The lowest BCUT2D eigenvalue weighted by atomic mass is 10.1. The summed E-state index contributed by atoms with van der Waals surface area (Å²) in [6.45, 7) is 3.81. The molecule has 10 nitrogen and oxygen atoms in total. The average molecular weight is 506 g/mol. The van der Waals surface area contributed by atoms with E-state index in [2.05, 4.69) is 31.0 Å². The first-order valence-electron chi connectivity index (χ1n) is 12.1. The molecule has 1 aliphatic carbocycles. The molecule has 2 heterocycles. The second kappa shape index (κ2) is 10.1. The zero-order valence-corrected chi connectivity index (χ0v) is 20.4. The lowest BCUT2D eigenvalue weighted by Crippen LogP contribution is -2.29. The molecule has 1 aliphatic rings. The van der Waals surface area contributed by atoms with Gasteiger partial charge in [0, 0.05) is 30.6 Å². The number of hydrogen-bond donors (Lipinski definition) is 5. The summed E-state index contributed by atoms with van der Waals surface area (Å²) < 4.78 is 16.7. The average Bonchev–Trinajstić information content (AvgIpc) is 3.43. The van der Waals surface area contributed by atoms with Crippen LogP contribution in [-0.2, 0) is 6.42 Å². The van der Waals surface area contributed by atoms with E-state index >= 15 is 0 Å². The first-order chi connectivity index (χ1) is 17.9. The minimum atomic E-state index is -0.728. The number of aliphatic hydroxyl groups excluding tert-OH is 2. The molecule has 2 aromatic carbocycles. The van der Waals surface area contributed by atoms with E-state index in [0.29, 0.717) is 11.8 Å². The van der Waals surface area contributed by atoms with Gasteiger partial charge in [0.25, 0.3) is 5.91 Å². The van der Waals surface area contributed by atoms with Gasteiger partial charge < -0.3 is 26.2 Å². The van der Waals surface area contributed by atoms with Crippen LogP contribution in [0.5, 0.6) is 0 Å². The Hall–Kier alpha value is -4.09. The van der Waals surface area contributed by atoms with Crippen LogP contribution in [0.3, 0.4) is 0 Å². The van der Waals surface area contributed by atoms with Gasteiger partial charge in [-0.1, -0.05) is 24.3 Å². The molecule has 11 heteroatoms. The van der Waals surface area contributed by atoms with Gasteiger partial charge in [-0.05, 0) is 37.1 Å². The van der Waals surface area contributed by atoms with Crippen LogP contribution in [0.1, 0.15) is 47.4 Å². The van der Waals surface area contributed by atoms with Gasteiger partial charge in [-0.25, -0.2) is 9.37 Å². The molecule has 0 radical (unpaired) electrons. The summed E-state index contributed by atoms with van der Waals surface area (Å²) in [7, 11) is 0. The Balaban J connectivity index is 1.50. The first kappa shape index (κ1) is 24.6. The van der Waals surface area contributed by atoms with Crippen molar-refractivity contribution < 1.29 is 19.4 Å². The molecule has 2 aromatic heterocycles. The molecule has 5 rings (SSSR count). The highest BCUT2D eigenvalue weighted by Gasteiger charge is 2.32. The highest BCUT2D eigenvalue weighted by Crippen LogP contribution is 2.35. The Bertz CT molecular complexity index is 1460. The van der Waals surface area contributed by atoms with Crippen molar-refractivity contribution >= 4 is 34.3 Å². The molecule has 37 heavy (non-hydrogen) atoms. The molecule has 0 spiro atoms. The van der Waals surface area contributed by atoms with Gasteiger partial charge in [-0.2, -0.15) is 10.1 Å². The number of rotatable bonds is 8. The zero-order valence-electron chi connectivity index (χ0n) is 20.4. The fraction of sp³-hybridized carbons (Fsp3) is 0.308. The Kier molecular flexibility index (Phi) is 6.72. The lowest BCUT2D eigenvalue weighted by Gasteiger charge is -2.21. The third-order valence-electron chi connectivity index (χ3n) is 6.35. The fourth-order valence-electron chi connectivity index (χ4n) is 4.57. The van der Waals surface area contributed by atoms with Crippen molar-refractivity contribution in [2.75, 3.05) is 23.8 Å². The van der Waals surface area contributed by atoms with Crippen LogP contribution < -0.4 is 16.0 Å². The molecule has 0 saturated carbocycles. The number of anilines is 3. The topological polar surface area (TPSA) is 137 Å².